The highest BCUT2D eigenvalue weighted by atomic mass is 32.1. The fourth-order valence-electron chi connectivity index (χ4n) is 2.18. The summed E-state index contributed by atoms with van der Waals surface area (Å²) < 4.78 is 5.63. The molecule has 2 aromatic carbocycles. The normalized spacial score (nSPS) is 10.4. The Morgan fingerprint density at radius 1 is 1.04 bits per heavy atom. The maximum Gasteiger partial charge on any atom is 0.347 e. The van der Waals surface area contributed by atoms with E-state index in [1.807, 2.05) is 60.7 Å². The van der Waals surface area contributed by atoms with Crippen molar-refractivity contribution >= 4 is 17.3 Å². The molecule has 4 nitrogen and oxygen atoms in total. The lowest BCUT2D eigenvalue weighted by Crippen LogP contribution is -2.03. The zero-order chi connectivity index (χ0) is 16.1. The van der Waals surface area contributed by atoms with Crippen LogP contribution in [0.3, 0.4) is 0 Å². The number of aromatic nitrogens is 1. The van der Waals surface area contributed by atoms with Crippen LogP contribution in [0.25, 0.3) is 0 Å². The number of carboxylic acids is 1. The maximum absolute atomic E-state index is 11.4. The summed E-state index contributed by atoms with van der Waals surface area (Å²) in [5, 5.41) is 10.1. The molecule has 23 heavy (non-hydrogen) atoms. The number of carbonyl (C=O) groups is 1. The summed E-state index contributed by atoms with van der Waals surface area (Å²) in [4.78, 5) is 16.1. The second kappa shape index (κ2) is 7.07. The fourth-order valence-corrected chi connectivity index (χ4v) is 3.12. The van der Waals surface area contributed by atoms with E-state index in [4.69, 9.17) is 4.74 Å². The van der Waals surface area contributed by atoms with Crippen LogP contribution in [0.2, 0.25) is 0 Å². The second-order valence-electron chi connectivity index (χ2n) is 4.95. The highest BCUT2D eigenvalue weighted by molar-refractivity contribution is 7.13. The van der Waals surface area contributed by atoms with Gasteiger partial charge in [0.1, 0.15) is 22.9 Å². The SMILES string of the molecule is O=C(O)c1sc(Cc2ccccc2)nc1COc1ccccc1. The van der Waals surface area contributed by atoms with E-state index in [1.54, 1.807) is 0 Å². The number of carboxylic acid groups (broad SMARTS) is 1. The topological polar surface area (TPSA) is 59.4 Å². The summed E-state index contributed by atoms with van der Waals surface area (Å²) in [6.45, 7) is 0.150. The molecule has 0 fully saturated rings. The molecule has 0 amide bonds. The van der Waals surface area contributed by atoms with Crippen molar-refractivity contribution in [1.82, 2.24) is 4.98 Å². The molecule has 0 radical (unpaired) electrons. The molecule has 1 aromatic heterocycles. The molecule has 0 aliphatic carbocycles. The van der Waals surface area contributed by atoms with E-state index >= 15 is 0 Å². The van der Waals surface area contributed by atoms with Gasteiger partial charge in [-0.15, -0.1) is 11.3 Å². The molecule has 0 aliphatic heterocycles. The number of benzene rings is 2. The first-order valence-electron chi connectivity index (χ1n) is 7.16. The van der Waals surface area contributed by atoms with Crippen molar-refractivity contribution in [3.8, 4) is 5.75 Å². The zero-order valence-electron chi connectivity index (χ0n) is 12.3. The first-order chi connectivity index (χ1) is 11.2. The fraction of sp³-hybridized carbons (Fsp3) is 0.111. The Morgan fingerprint density at radius 2 is 1.70 bits per heavy atom. The Balaban J connectivity index is 1.77. The average Bonchev–Trinajstić information content (AvgIpc) is 2.98. The lowest BCUT2D eigenvalue weighted by atomic mass is 10.2. The van der Waals surface area contributed by atoms with Gasteiger partial charge in [-0.1, -0.05) is 48.5 Å². The monoisotopic (exact) mass is 325 g/mol. The van der Waals surface area contributed by atoms with E-state index in [-0.39, 0.29) is 11.5 Å². The van der Waals surface area contributed by atoms with Crippen LogP contribution in [0.4, 0.5) is 0 Å². The van der Waals surface area contributed by atoms with E-state index in [2.05, 4.69) is 4.98 Å². The van der Waals surface area contributed by atoms with Gasteiger partial charge in [-0.2, -0.15) is 0 Å². The van der Waals surface area contributed by atoms with Crippen molar-refractivity contribution < 1.29 is 14.6 Å². The molecule has 0 saturated carbocycles. The van der Waals surface area contributed by atoms with E-state index in [0.717, 1.165) is 10.6 Å². The molecule has 0 aliphatic rings. The molecule has 0 spiro atoms. The third-order valence-electron chi connectivity index (χ3n) is 3.25. The molecule has 0 atom stereocenters. The van der Waals surface area contributed by atoms with Crippen LogP contribution in [-0.2, 0) is 13.0 Å². The Bertz CT molecular complexity index is 785. The quantitative estimate of drug-likeness (QED) is 0.744. The predicted octanol–water partition coefficient (Wildman–Crippen LogP) is 4.01. The van der Waals surface area contributed by atoms with Gasteiger partial charge in [0, 0.05) is 6.42 Å². The third kappa shape index (κ3) is 3.96. The van der Waals surface area contributed by atoms with Crippen molar-refractivity contribution in [3.63, 3.8) is 0 Å². The van der Waals surface area contributed by atoms with E-state index in [1.165, 1.54) is 11.3 Å². The molecule has 0 saturated heterocycles. The Kier molecular flexibility index (Phi) is 4.68. The lowest BCUT2D eigenvalue weighted by molar-refractivity contribution is 0.0699. The minimum atomic E-state index is -0.964. The summed E-state index contributed by atoms with van der Waals surface area (Å²) in [5.41, 5.74) is 1.58. The van der Waals surface area contributed by atoms with Crippen LogP contribution in [-0.4, -0.2) is 16.1 Å². The Morgan fingerprint density at radius 3 is 2.35 bits per heavy atom. The molecular formula is C18H15NO3S. The van der Waals surface area contributed by atoms with Crippen LogP contribution >= 0.6 is 11.3 Å². The average molecular weight is 325 g/mol. The summed E-state index contributed by atoms with van der Waals surface area (Å²) in [7, 11) is 0. The molecule has 0 unspecified atom stereocenters. The number of aromatic carboxylic acids is 1. The van der Waals surface area contributed by atoms with Crippen molar-refractivity contribution in [2.75, 3.05) is 0 Å². The third-order valence-corrected chi connectivity index (χ3v) is 4.34. The van der Waals surface area contributed by atoms with Crippen molar-refractivity contribution in [2.45, 2.75) is 13.0 Å². The standard InChI is InChI=1S/C18H15NO3S/c20-18(21)17-15(12-22-14-9-5-2-6-10-14)19-16(23-17)11-13-7-3-1-4-8-13/h1-10H,11-12H2,(H,20,21). The molecule has 3 aromatic rings. The first kappa shape index (κ1) is 15.2. The van der Waals surface area contributed by atoms with Crippen LogP contribution in [0, 0.1) is 0 Å². The van der Waals surface area contributed by atoms with E-state index in [0.29, 0.717) is 17.9 Å². The van der Waals surface area contributed by atoms with Crippen molar-refractivity contribution in [3.05, 3.63) is 81.8 Å². The number of thiazole rings is 1. The molecule has 1 N–H and O–H groups in total. The van der Waals surface area contributed by atoms with Crippen LogP contribution in [0.1, 0.15) is 25.9 Å². The van der Waals surface area contributed by atoms with Gasteiger partial charge >= 0.3 is 5.97 Å². The number of ether oxygens (including phenoxy) is 1. The highest BCUT2D eigenvalue weighted by Gasteiger charge is 2.18. The zero-order valence-corrected chi connectivity index (χ0v) is 13.1. The molecular weight excluding hydrogens is 310 g/mol. The molecule has 3 rings (SSSR count). The Labute approximate surface area is 138 Å². The highest BCUT2D eigenvalue weighted by Crippen LogP contribution is 2.23. The van der Waals surface area contributed by atoms with Gasteiger partial charge in [-0.3, -0.25) is 0 Å². The minimum absolute atomic E-state index is 0.150. The van der Waals surface area contributed by atoms with Gasteiger partial charge in [-0.25, -0.2) is 9.78 Å². The minimum Gasteiger partial charge on any atom is -0.487 e. The van der Waals surface area contributed by atoms with Gasteiger partial charge < -0.3 is 9.84 Å². The van der Waals surface area contributed by atoms with E-state index in [9.17, 15) is 9.90 Å². The van der Waals surface area contributed by atoms with Crippen molar-refractivity contribution in [1.29, 1.82) is 0 Å². The van der Waals surface area contributed by atoms with Crippen LogP contribution < -0.4 is 4.74 Å². The number of para-hydroxylation sites is 1. The first-order valence-corrected chi connectivity index (χ1v) is 7.97. The van der Waals surface area contributed by atoms with Gasteiger partial charge in [0.2, 0.25) is 0 Å². The number of rotatable bonds is 6. The maximum atomic E-state index is 11.4. The van der Waals surface area contributed by atoms with Gasteiger partial charge in [0.15, 0.2) is 0 Å². The molecule has 0 bridgehead atoms. The van der Waals surface area contributed by atoms with Gasteiger partial charge in [0.05, 0.1) is 5.01 Å². The molecule has 1 heterocycles. The van der Waals surface area contributed by atoms with Crippen LogP contribution in [0.15, 0.2) is 60.7 Å². The summed E-state index contributed by atoms with van der Waals surface area (Å²) in [6, 6.07) is 19.2. The summed E-state index contributed by atoms with van der Waals surface area (Å²) in [5.74, 6) is -0.269. The van der Waals surface area contributed by atoms with Gasteiger partial charge in [0.25, 0.3) is 0 Å². The second-order valence-corrected chi connectivity index (χ2v) is 6.04. The lowest BCUT2D eigenvalue weighted by Gasteiger charge is -2.04. The molecule has 5 heteroatoms. The van der Waals surface area contributed by atoms with Crippen molar-refractivity contribution in [2.24, 2.45) is 0 Å². The van der Waals surface area contributed by atoms with Gasteiger partial charge in [-0.05, 0) is 17.7 Å². The summed E-state index contributed by atoms with van der Waals surface area (Å²) in [6.07, 6.45) is 0.622. The predicted molar refractivity (Wildman–Crippen MR) is 89.1 cm³/mol. The number of nitrogens with zero attached hydrogens (tertiary/aromatic N) is 1. The number of hydrogen-bond donors (Lipinski definition) is 1. The Hall–Kier alpha value is -2.66. The molecule has 116 valence electrons. The number of hydrogen-bond acceptors (Lipinski definition) is 4. The van der Waals surface area contributed by atoms with Crippen LogP contribution in [0.5, 0.6) is 5.75 Å². The van der Waals surface area contributed by atoms with E-state index < -0.39 is 5.97 Å². The smallest absolute Gasteiger partial charge is 0.347 e. The summed E-state index contributed by atoms with van der Waals surface area (Å²) >= 11 is 1.21. The largest absolute Gasteiger partial charge is 0.487 e.